The first-order chi connectivity index (χ1) is 9.45. The molecule has 1 aromatic carbocycles. The first-order valence-electron chi connectivity index (χ1n) is 6.37. The van der Waals surface area contributed by atoms with Crippen molar-refractivity contribution < 1.29 is 19.1 Å². The topological polar surface area (TPSA) is 72.5 Å². The van der Waals surface area contributed by atoms with Gasteiger partial charge in [0.1, 0.15) is 12.9 Å². The fraction of sp³-hybridized carbons (Fsp3) is 0.400. The monoisotopic (exact) mass is 277 g/mol. The maximum atomic E-state index is 11.8. The smallest absolute Gasteiger partial charge is 0.307 e. The van der Waals surface area contributed by atoms with Crippen LogP contribution < -0.4 is 5.32 Å². The molecule has 0 aliphatic rings. The van der Waals surface area contributed by atoms with Gasteiger partial charge in [-0.1, -0.05) is 44.2 Å². The number of benzene rings is 1. The van der Waals surface area contributed by atoms with Gasteiger partial charge in [-0.2, -0.15) is 0 Å². The second-order valence-corrected chi connectivity index (χ2v) is 5.08. The minimum absolute atomic E-state index is 0.0372. The van der Waals surface area contributed by atoms with E-state index in [0.717, 1.165) is 5.56 Å². The van der Waals surface area contributed by atoms with E-state index in [9.17, 15) is 14.4 Å². The molecule has 0 spiro atoms. The summed E-state index contributed by atoms with van der Waals surface area (Å²) in [6.45, 7) is 3.40. The average Bonchev–Trinajstić information content (AvgIpc) is 2.43. The Morgan fingerprint density at radius 2 is 1.90 bits per heavy atom. The molecule has 0 aliphatic carbocycles. The Balaban J connectivity index is 2.44. The molecule has 0 radical (unpaired) electrons. The minimum Gasteiger partial charge on any atom is -0.461 e. The summed E-state index contributed by atoms with van der Waals surface area (Å²) in [7, 11) is 0. The molecule has 0 saturated heterocycles. The van der Waals surface area contributed by atoms with Gasteiger partial charge in [0.15, 0.2) is 0 Å². The number of ether oxygens (including phenoxy) is 1. The van der Waals surface area contributed by atoms with Crippen molar-refractivity contribution in [3.63, 3.8) is 0 Å². The van der Waals surface area contributed by atoms with Crippen LogP contribution in [0.25, 0.3) is 0 Å². The van der Waals surface area contributed by atoms with E-state index in [0.29, 0.717) is 6.29 Å². The van der Waals surface area contributed by atoms with Crippen LogP contribution in [0.3, 0.4) is 0 Å². The number of aldehydes is 1. The van der Waals surface area contributed by atoms with Gasteiger partial charge in [-0.05, 0) is 5.56 Å². The number of esters is 1. The number of carbonyl (C=O) groups is 3. The molecule has 0 fully saturated rings. The van der Waals surface area contributed by atoms with Gasteiger partial charge in [0.25, 0.3) is 0 Å². The summed E-state index contributed by atoms with van der Waals surface area (Å²) in [6, 6.07) is 9.32. The predicted molar refractivity (Wildman–Crippen MR) is 73.7 cm³/mol. The van der Waals surface area contributed by atoms with Gasteiger partial charge in [-0.25, -0.2) is 0 Å². The summed E-state index contributed by atoms with van der Waals surface area (Å²) < 4.78 is 5.13. The molecule has 0 bridgehead atoms. The maximum Gasteiger partial charge on any atom is 0.307 e. The van der Waals surface area contributed by atoms with Crippen LogP contribution in [0.2, 0.25) is 0 Å². The van der Waals surface area contributed by atoms with Crippen molar-refractivity contribution in [1.29, 1.82) is 0 Å². The van der Waals surface area contributed by atoms with E-state index in [4.69, 9.17) is 4.74 Å². The lowest BCUT2D eigenvalue weighted by molar-refractivity contribution is -0.150. The molecule has 1 rings (SSSR count). The normalized spacial score (nSPS) is 10.7. The number of amides is 1. The highest BCUT2D eigenvalue weighted by Gasteiger charge is 2.30. The summed E-state index contributed by atoms with van der Waals surface area (Å²) in [6.07, 6.45) is 0.562. The van der Waals surface area contributed by atoms with Crippen LogP contribution >= 0.6 is 0 Å². The molecule has 1 N–H and O–H groups in total. The molecule has 1 amide bonds. The van der Waals surface area contributed by atoms with Crippen molar-refractivity contribution in [2.75, 3.05) is 6.54 Å². The number of carbonyl (C=O) groups excluding carboxylic acids is 3. The lowest BCUT2D eigenvalue weighted by atomic mass is 9.88. The molecule has 20 heavy (non-hydrogen) atoms. The van der Waals surface area contributed by atoms with Gasteiger partial charge >= 0.3 is 5.97 Å². The predicted octanol–water partition coefficient (Wildman–Crippen LogP) is 1.46. The summed E-state index contributed by atoms with van der Waals surface area (Å²) in [5.74, 6) is -0.790. The molecule has 108 valence electrons. The van der Waals surface area contributed by atoms with Crippen LogP contribution in [0.4, 0.5) is 0 Å². The van der Waals surface area contributed by atoms with Crippen LogP contribution in [0.1, 0.15) is 25.8 Å². The largest absolute Gasteiger partial charge is 0.461 e. The highest BCUT2D eigenvalue weighted by Crippen LogP contribution is 2.21. The maximum absolute atomic E-state index is 11.8. The molecule has 5 heteroatoms. The minimum atomic E-state index is -0.906. The second-order valence-electron chi connectivity index (χ2n) is 5.08. The Kier molecular flexibility index (Phi) is 5.90. The Hall–Kier alpha value is -2.17. The number of rotatable bonds is 7. The molecule has 0 atom stereocenters. The van der Waals surface area contributed by atoms with Crippen LogP contribution in [0.15, 0.2) is 30.3 Å². The van der Waals surface area contributed by atoms with Crippen LogP contribution in [-0.2, 0) is 25.7 Å². The molecule has 0 heterocycles. The van der Waals surface area contributed by atoms with Crippen molar-refractivity contribution in [1.82, 2.24) is 5.32 Å². The third kappa shape index (κ3) is 5.22. The van der Waals surface area contributed by atoms with E-state index in [-0.39, 0.29) is 25.5 Å². The summed E-state index contributed by atoms with van der Waals surface area (Å²) in [4.78, 5) is 33.7. The highest BCUT2D eigenvalue weighted by atomic mass is 16.5. The van der Waals surface area contributed by atoms with Gasteiger partial charge < -0.3 is 14.8 Å². The van der Waals surface area contributed by atoms with Gasteiger partial charge in [-0.3, -0.25) is 9.59 Å². The summed E-state index contributed by atoms with van der Waals surface area (Å²) >= 11 is 0. The van der Waals surface area contributed by atoms with Crippen molar-refractivity contribution in [2.24, 2.45) is 5.41 Å². The van der Waals surface area contributed by atoms with E-state index in [2.05, 4.69) is 5.32 Å². The third-order valence-corrected chi connectivity index (χ3v) is 2.79. The Morgan fingerprint density at radius 1 is 1.25 bits per heavy atom. The molecule has 0 aromatic heterocycles. The molecule has 1 aromatic rings. The van der Waals surface area contributed by atoms with Gasteiger partial charge in [0.2, 0.25) is 5.91 Å². The zero-order valence-electron chi connectivity index (χ0n) is 11.7. The molecular weight excluding hydrogens is 258 g/mol. The van der Waals surface area contributed by atoms with Gasteiger partial charge in [0.05, 0.1) is 18.4 Å². The highest BCUT2D eigenvalue weighted by molar-refractivity contribution is 5.87. The van der Waals surface area contributed by atoms with Crippen LogP contribution in [-0.4, -0.2) is 24.7 Å². The molecular formula is C15H19NO4. The zero-order chi connectivity index (χ0) is 15.0. The summed E-state index contributed by atoms with van der Waals surface area (Å²) in [5, 5.41) is 2.44. The van der Waals surface area contributed by atoms with E-state index in [1.54, 1.807) is 13.8 Å². The first-order valence-corrected chi connectivity index (χ1v) is 6.37. The third-order valence-electron chi connectivity index (χ3n) is 2.79. The lowest BCUT2D eigenvalue weighted by Gasteiger charge is -2.21. The fourth-order valence-electron chi connectivity index (χ4n) is 1.60. The molecule has 0 saturated carbocycles. The van der Waals surface area contributed by atoms with Crippen molar-refractivity contribution in [3.8, 4) is 0 Å². The molecule has 0 aliphatic heterocycles. The first kappa shape index (κ1) is 15.9. The Bertz CT molecular complexity index is 468. The lowest BCUT2D eigenvalue weighted by Crippen LogP contribution is -2.39. The van der Waals surface area contributed by atoms with E-state index in [1.165, 1.54) is 0 Å². The standard InChI is InChI=1S/C15H19NO4/c1-15(2,14(19)16-8-9-17)10-13(18)20-11-12-6-4-3-5-7-12/h3-7,9H,8,10-11H2,1-2H3,(H,16,19). The Morgan fingerprint density at radius 3 is 2.50 bits per heavy atom. The summed E-state index contributed by atoms with van der Waals surface area (Å²) in [5.41, 5.74) is -0.0133. The fourth-order valence-corrected chi connectivity index (χ4v) is 1.60. The van der Waals surface area contributed by atoms with E-state index < -0.39 is 11.4 Å². The average molecular weight is 277 g/mol. The quantitative estimate of drug-likeness (QED) is 0.605. The number of hydrogen-bond acceptors (Lipinski definition) is 4. The van der Waals surface area contributed by atoms with Gasteiger partial charge in [-0.15, -0.1) is 0 Å². The Labute approximate surface area is 118 Å². The number of nitrogens with one attached hydrogen (secondary N) is 1. The van der Waals surface area contributed by atoms with Crippen molar-refractivity contribution in [2.45, 2.75) is 26.9 Å². The van der Waals surface area contributed by atoms with E-state index >= 15 is 0 Å². The van der Waals surface area contributed by atoms with Crippen molar-refractivity contribution in [3.05, 3.63) is 35.9 Å². The van der Waals surface area contributed by atoms with E-state index in [1.807, 2.05) is 30.3 Å². The van der Waals surface area contributed by atoms with Crippen LogP contribution in [0, 0.1) is 5.41 Å². The molecule has 0 unspecified atom stereocenters. The molecule has 5 nitrogen and oxygen atoms in total. The number of hydrogen-bond donors (Lipinski definition) is 1. The van der Waals surface area contributed by atoms with Crippen molar-refractivity contribution >= 4 is 18.2 Å². The van der Waals surface area contributed by atoms with Gasteiger partial charge in [0, 0.05) is 0 Å². The second kappa shape index (κ2) is 7.43. The zero-order valence-corrected chi connectivity index (χ0v) is 11.7. The van der Waals surface area contributed by atoms with Crippen LogP contribution in [0.5, 0.6) is 0 Å². The SMILES string of the molecule is CC(C)(CC(=O)OCc1ccccc1)C(=O)NCC=O.